The van der Waals surface area contributed by atoms with Crippen molar-refractivity contribution in [1.82, 2.24) is 4.90 Å². The third-order valence-electron chi connectivity index (χ3n) is 3.67. The van der Waals surface area contributed by atoms with E-state index in [1.54, 1.807) is 0 Å². The summed E-state index contributed by atoms with van der Waals surface area (Å²) >= 11 is 0. The van der Waals surface area contributed by atoms with Crippen molar-refractivity contribution in [2.24, 2.45) is 5.92 Å². The number of rotatable bonds is 3. The lowest BCUT2D eigenvalue weighted by Gasteiger charge is -2.33. The highest BCUT2D eigenvalue weighted by Crippen LogP contribution is 2.22. The van der Waals surface area contributed by atoms with Crippen LogP contribution in [0.3, 0.4) is 0 Å². The Labute approximate surface area is 103 Å². The number of piperidine rings is 1. The van der Waals surface area contributed by atoms with E-state index in [1.165, 1.54) is 5.56 Å². The van der Waals surface area contributed by atoms with Crippen LogP contribution < -0.4 is 5.73 Å². The molecule has 0 aliphatic carbocycles. The van der Waals surface area contributed by atoms with Gasteiger partial charge in [0.05, 0.1) is 6.10 Å². The summed E-state index contributed by atoms with van der Waals surface area (Å²) in [5.41, 5.74) is 7.89. The minimum absolute atomic E-state index is 0.162. The molecule has 17 heavy (non-hydrogen) atoms. The third kappa shape index (κ3) is 3.45. The maximum absolute atomic E-state index is 9.55. The van der Waals surface area contributed by atoms with Crippen molar-refractivity contribution < 1.29 is 5.11 Å². The van der Waals surface area contributed by atoms with Gasteiger partial charge in [-0.05, 0) is 56.5 Å². The molecule has 0 spiro atoms. The summed E-state index contributed by atoms with van der Waals surface area (Å²) in [4.78, 5) is 2.44. The lowest BCUT2D eigenvalue weighted by atomic mass is 9.92. The second-order valence-electron chi connectivity index (χ2n) is 5.10. The first kappa shape index (κ1) is 12.4. The fourth-order valence-electron chi connectivity index (χ4n) is 2.54. The van der Waals surface area contributed by atoms with Crippen LogP contribution in [0.1, 0.15) is 25.3 Å². The van der Waals surface area contributed by atoms with Crippen LogP contribution in [0.15, 0.2) is 24.3 Å². The van der Waals surface area contributed by atoms with E-state index in [1.807, 2.05) is 25.1 Å². The first-order chi connectivity index (χ1) is 8.15. The molecule has 1 aromatic carbocycles. The molecule has 0 aromatic heterocycles. The lowest BCUT2D eigenvalue weighted by Crippen LogP contribution is -2.36. The molecular formula is C14H22N2O. The summed E-state index contributed by atoms with van der Waals surface area (Å²) in [6.45, 7) is 5.02. The van der Waals surface area contributed by atoms with Gasteiger partial charge in [0.1, 0.15) is 0 Å². The molecule has 0 radical (unpaired) electrons. The topological polar surface area (TPSA) is 49.5 Å². The van der Waals surface area contributed by atoms with Crippen molar-refractivity contribution in [3.63, 3.8) is 0 Å². The quantitative estimate of drug-likeness (QED) is 0.785. The number of benzene rings is 1. The average molecular weight is 234 g/mol. The standard InChI is InChI=1S/C14H22N2O/c1-11(17)13-5-7-16(8-6-13)10-12-3-2-4-14(15)9-12/h2-4,9,11,13,17H,5-8,10,15H2,1H3. The Morgan fingerprint density at radius 2 is 2.12 bits per heavy atom. The smallest absolute Gasteiger partial charge is 0.0541 e. The maximum Gasteiger partial charge on any atom is 0.0541 e. The van der Waals surface area contributed by atoms with Crippen molar-refractivity contribution in [1.29, 1.82) is 0 Å². The molecule has 0 bridgehead atoms. The summed E-state index contributed by atoms with van der Waals surface area (Å²) in [5.74, 6) is 0.479. The molecule has 2 rings (SSSR count). The molecule has 3 nitrogen and oxygen atoms in total. The predicted molar refractivity (Wildman–Crippen MR) is 70.5 cm³/mol. The number of aliphatic hydroxyl groups is 1. The number of hydrogen-bond acceptors (Lipinski definition) is 3. The van der Waals surface area contributed by atoms with Crippen LogP contribution in [0.5, 0.6) is 0 Å². The largest absolute Gasteiger partial charge is 0.399 e. The van der Waals surface area contributed by atoms with Crippen LogP contribution in [-0.2, 0) is 6.54 Å². The Kier molecular flexibility index (Phi) is 4.02. The number of nitrogens with zero attached hydrogens (tertiary/aromatic N) is 1. The molecule has 1 aliphatic heterocycles. The van der Waals surface area contributed by atoms with Crippen molar-refractivity contribution in [2.75, 3.05) is 18.8 Å². The Bertz CT molecular complexity index is 357. The number of nitrogen functional groups attached to an aromatic ring is 1. The van der Waals surface area contributed by atoms with Gasteiger partial charge in [0.2, 0.25) is 0 Å². The monoisotopic (exact) mass is 234 g/mol. The SMILES string of the molecule is CC(O)C1CCN(Cc2cccc(N)c2)CC1. The summed E-state index contributed by atoms with van der Waals surface area (Å²) in [6, 6.07) is 8.09. The van der Waals surface area contributed by atoms with Crippen LogP contribution in [0, 0.1) is 5.92 Å². The number of nitrogens with two attached hydrogens (primary N) is 1. The minimum atomic E-state index is -0.162. The number of likely N-dealkylation sites (tertiary alicyclic amines) is 1. The Morgan fingerprint density at radius 3 is 2.71 bits per heavy atom. The number of anilines is 1. The lowest BCUT2D eigenvalue weighted by molar-refractivity contribution is 0.0695. The molecule has 3 heteroatoms. The first-order valence-electron chi connectivity index (χ1n) is 6.40. The maximum atomic E-state index is 9.55. The fourth-order valence-corrected chi connectivity index (χ4v) is 2.54. The van der Waals surface area contributed by atoms with Crippen molar-refractivity contribution >= 4 is 5.69 Å². The molecule has 94 valence electrons. The summed E-state index contributed by atoms with van der Waals surface area (Å²) in [5, 5.41) is 9.55. The van der Waals surface area contributed by atoms with E-state index in [0.29, 0.717) is 5.92 Å². The second kappa shape index (κ2) is 5.52. The van der Waals surface area contributed by atoms with Gasteiger partial charge in [-0.15, -0.1) is 0 Å². The van der Waals surface area contributed by atoms with E-state index in [4.69, 9.17) is 5.73 Å². The van der Waals surface area contributed by atoms with Gasteiger partial charge < -0.3 is 10.8 Å². The molecule has 1 unspecified atom stereocenters. The highest BCUT2D eigenvalue weighted by atomic mass is 16.3. The van der Waals surface area contributed by atoms with E-state index in [0.717, 1.165) is 38.2 Å². The van der Waals surface area contributed by atoms with E-state index in [2.05, 4.69) is 11.0 Å². The van der Waals surface area contributed by atoms with Crippen molar-refractivity contribution in [3.05, 3.63) is 29.8 Å². The number of hydrogen-bond donors (Lipinski definition) is 2. The minimum Gasteiger partial charge on any atom is -0.399 e. The van der Waals surface area contributed by atoms with Gasteiger partial charge in [-0.1, -0.05) is 12.1 Å². The molecule has 1 aliphatic rings. The molecule has 0 saturated carbocycles. The van der Waals surface area contributed by atoms with E-state index < -0.39 is 0 Å². The molecule has 0 amide bonds. The Morgan fingerprint density at radius 1 is 1.41 bits per heavy atom. The van der Waals surface area contributed by atoms with Gasteiger partial charge in [-0.3, -0.25) is 4.90 Å². The molecular weight excluding hydrogens is 212 g/mol. The molecule has 1 saturated heterocycles. The van der Waals surface area contributed by atoms with Crippen molar-refractivity contribution in [3.8, 4) is 0 Å². The third-order valence-corrected chi connectivity index (χ3v) is 3.67. The predicted octanol–water partition coefficient (Wildman–Crippen LogP) is 1.86. The van der Waals surface area contributed by atoms with Gasteiger partial charge in [0.15, 0.2) is 0 Å². The van der Waals surface area contributed by atoms with Crippen LogP contribution in [0.25, 0.3) is 0 Å². The van der Waals surface area contributed by atoms with Crippen LogP contribution >= 0.6 is 0 Å². The van der Waals surface area contributed by atoms with E-state index in [9.17, 15) is 5.11 Å². The summed E-state index contributed by atoms with van der Waals surface area (Å²) in [7, 11) is 0. The van der Waals surface area contributed by atoms with Crippen molar-refractivity contribution in [2.45, 2.75) is 32.4 Å². The molecule has 3 N–H and O–H groups in total. The van der Waals surface area contributed by atoms with Gasteiger partial charge in [0, 0.05) is 12.2 Å². The second-order valence-corrected chi connectivity index (χ2v) is 5.10. The van der Waals surface area contributed by atoms with Crippen LogP contribution in [0.4, 0.5) is 5.69 Å². The fraction of sp³-hybridized carbons (Fsp3) is 0.571. The van der Waals surface area contributed by atoms with Crippen LogP contribution in [-0.4, -0.2) is 29.2 Å². The zero-order valence-electron chi connectivity index (χ0n) is 10.5. The summed E-state index contributed by atoms with van der Waals surface area (Å²) in [6.07, 6.45) is 2.03. The van der Waals surface area contributed by atoms with Gasteiger partial charge >= 0.3 is 0 Å². The zero-order chi connectivity index (χ0) is 12.3. The van der Waals surface area contributed by atoms with Gasteiger partial charge in [-0.2, -0.15) is 0 Å². The highest BCUT2D eigenvalue weighted by molar-refractivity contribution is 5.40. The van der Waals surface area contributed by atoms with Gasteiger partial charge in [0.25, 0.3) is 0 Å². The van der Waals surface area contributed by atoms with Gasteiger partial charge in [-0.25, -0.2) is 0 Å². The first-order valence-corrected chi connectivity index (χ1v) is 6.40. The average Bonchev–Trinajstić information content (AvgIpc) is 2.29. The molecule has 1 heterocycles. The molecule has 1 aromatic rings. The Hall–Kier alpha value is -1.06. The van der Waals surface area contributed by atoms with Crippen LogP contribution in [0.2, 0.25) is 0 Å². The number of aliphatic hydroxyl groups excluding tert-OH is 1. The normalized spacial score (nSPS) is 20.4. The Balaban J connectivity index is 1.86. The zero-order valence-corrected chi connectivity index (χ0v) is 10.5. The van der Waals surface area contributed by atoms with E-state index >= 15 is 0 Å². The highest BCUT2D eigenvalue weighted by Gasteiger charge is 2.22. The molecule has 1 fully saturated rings. The molecule has 1 atom stereocenters. The summed E-state index contributed by atoms with van der Waals surface area (Å²) < 4.78 is 0. The van der Waals surface area contributed by atoms with E-state index in [-0.39, 0.29) is 6.10 Å².